The van der Waals surface area contributed by atoms with Crippen LogP contribution in [0.4, 0.5) is 0 Å². The Kier molecular flexibility index (Phi) is 4.44. The van der Waals surface area contributed by atoms with Gasteiger partial charge in [0.2, 0.25) is 0 Å². The van der Waals surface area contributed by atoms with Crippen LogP contribution >= 0.6 is 27.3 Å². The van der Waals surface area contributed by atoms with Crippen LogP contribution in [0.15, 0.2) is 34.1 Å². The molecular formula is C16H18BrNOS. The van der Waals surface area contributed by atoms with Crippen molar-refractivity contribution in [2.45, 2.75) is 32.4 Å². The van der Waals surface area contributed by atoms with E-state index in [9.17, 15) is 0 Å². The summed E-state index contributed by atoms with van der Waals surface area (Å²) in [6.45, 7) is 3.83. The molecule has 2 nitrogen and oxygen atoms in total. The van der Waals surface area contributed by atoms with E-state index in [0.717, 1.165) is 23.2 Å². The number of benzene rings is 1. The summed E-state index contributed by atoms with van der Waals surface area (Å²) < 4.78 is 7.02. The molecule has 20 heavy (non-hydrogen) atoms. The molecule has 1 aliphatic carbocycles. The fourth-order valence-electron chi connectivity index (χ4n) is 2.73. The first kappa shape index (κ1) is 14.1. The van der Waals surface area contributed by atoms with Crippen LogP contribution in [0.5, 0.6) is 5.75 Å². The Morgan fingerprint density at radius 3 is 3.05 bits per heavy atom. The van der Waals surface area contributed by atoms with Gasteiger partial charge in [-0.15, -0.1) is 11.3 Å². The highest BCUT2D eigenvalue weighted by Crippen LogP contribution is 2.33. The van der Waals surface area contributed by atoms with Gasteiger partial charge in [0.25, 0.3) is 0 Å². The molecule has 0 spiro atoms. The van der Waals surface area contributed by atoms with Gasteiger partial charge < -0.3 is 10.1 Å². The number of hydrogen-bond acceptors (Lipinski definition) is 3. The topological polar surface area (TPSA) is 21.3 Å². The van der Waals surface area contributed by atoms with Crippen LogP contribution in [0.3, 0.4) is 0 Å². The molecule has 0 bridgehead atoms. The average molecular weight is 352 g/mol. The molecule has 0 radical (unpaired) electrons. The molecule has 1 aliphatic rings. The predicted octanol–water partition coefficient (Wildman–Crippen LogP) is 4.69. The SMILES string of the molecule is CCNC1CCc2cc(OCc3cc(Br)cs3)ccc21. The van der Waals surface area contributed by atoms with Gasteiger partial charge in [0.05, 0.1) is 0 Å². The van der Waals surface area contributed by atoms with Crippen LogP contribution < -0.4 is 10.1 Å². The van der Waals surface area contributed by atoms with E-state index in [0.29, 0.717) is 12.6 Å². The Bertz CT molecular complexity index is 596. The molecule has 0 amide bonds. The zero-order chi connectivity index (χ0) is 13.9. The molecule has 1 N–H and O–H groups in total. The van der Waals surface area contributed by atoms with E-state index < -0.39 is 0 Å². The monoisotopic (exact) mass is 351 g/mol. The molecule has 0 aliphatic heterocycles. The minimum atomic E-state index is 0.525. The molecule has 1 aromatic heterocycles. The zero-order valence-electron chi connectivity index (χ0n) is 11.5. The Morgan fingerprint density at radius 2 is 2.30 bits per heavy atom. The lowest BCUT2D eigenvalue weighted by molar-refractivity contribution is 0.309. The van der Waals surface area contributed by atoms with Crippen LogP contribution in [0, 0.1) is 0 Å². The number of halogens is 1. The quantitative estimate of drug-likeness (QED) is 0.843. The molecule has 1 atom stereocenters. The molecule has 2 aromatic rings. The largest absolute Gasteiger partial charge is 0.488 e. The van der Waals surface area contributed by atoms with Crippen LogP contribution in [0.1, 0.15) is 35.4 Å². The Morgan fingerprint density at radius 1 is 1.40 bits per heavy atom. The molecule has 1 aromatic carbocycles. The third-order valence-electron chi connectivity index (χ3n) is 3.65. The predicted molar refractivity (Wildman–Crippen MR) is 87.5 cm³/mol. The van der Waals surface area contributed by atoms with Crippen molar-refractivity contribution in [2.24, 2.45) is 0 Å². The van der Waals surface area contributed by atoms with E-state index in [2.05, 4.69) is 57.8 Å². The lowest BCUT2D eigenvalue weighted by atomic mass is 10.1. The van der Waals surface area contributed by atoms with Crippen molar-refractivity contribution in [3.63, 3.8) is 0 Å². The van der Waals surface area contributed by atoms with Crippen LogP contribution in [-0.4, -0.2) is 6.54 Å². The van der Waals surface area contributed by atoms with E-state index in [4.69, 9.17) is 4.74 Å². The minimum absolute atomic E-state index is 0.525. The van der Waals surface area contributed by atoms with Gasteiger partial charge in [-0.3, -0.25) is 0 Å². The summed E-state index contributed by atoms with van der Waals surface area (Å²) in [5, 5.41) is 5.62. The molecule has 1 heterocycles. The molecule has 0 fully saturated rings. The van der Waals surface area contributed by atoms with Gasteiger partial charge in [-0.05, 0) is 64.6 Å². The number of aryl methyl sites for hydroxylation is 1. The average Bonchev–Trinajstić information content (AvgIpc) is 3.04. The van der Waals surface area contributed by atoms with E-state index >= 15 is 0 Å². The maximum Gasteiger partial charge on any atom is 0.122 e. The third-order valence-corrected chi connectivity index (χ3v) is 5.32. The second kappa shape index (κ2) is 6.29. The number of thiophene rings is 1. The first-order valence-electron chi connectivity index (χ1n) is 6.98. The van der Waals surface area contributed by atoms with Crippen molar-refractivity contribution in [1.82, 2.24) is 5.32 Å². The number of nitrogens with one attached hydrogen (secondary N) is 1. The summed E-state index contributed by atoms with van der Waals surface area (Å²) in [4.78, 5) is 1.24. The number of ether oxygens (including phenoxy) is 1. The highest BCUT2D eigenvalue weighted by Gasteiger charge is 2.21. The van der Waals surface area contributed by atoms with E-state index in [1.54, 1.807) is 11.3 Å². The molecule has 4 heteroatoms. The molecule has 3 rings (SSSR count). The minimum Gasteiger partial charge on any atom is -0.488 e. The summed E-state index contributed by atoms with van der Waals surface area (Å²) in [6, 6.07) is 9.15. The maximum absolute atomic E-state index is 5.90. The van der Waals surface area contributed by atoms with Gasteiger partial charge in [-0.1, -0.05) is 13.0 Å². The lowest BCUT2D eigenvalue weighted by Gasteiger charge is -2.13. The number of rotatable bonds is 5. The fourth-order valence-corrected chi connectivity index (χ4v) is 4.09. The van der Waals surface area contributed by atoms with Gasteiger partial charge in [0, 0.05) is 20.8 Å². The first-order valence-corrected chi connectivity index (χ1v) is 8.65. The van der Waals surface area contributed by atoms with E-state index in [1.807, 2.05) is 0 Å². The Balaban J connectivity index is 1.67. The molecule has 0 saturated heterocycles. The van der Waals surface area contributed by atoms with E-state index in [1.165, 1.54) is 22.4 Å². The molecule has 0 saturated carbocycles. The fraction of sp³-hybridized carbons (Fsp3) is 0.375. The van der Waals surface area contributed by atoms with Crippen molar-refractivity contribution in [1.29, 1.82) is 0 Å². The van der Waals surface area contributed by atoms with Gasteiger partial charge in [-0.2, -0.15) is 0 Å². The number of fused-ring (bicyclic) bond motifs is 1. The second-order valence-electron chi connectivity index (χ2n) is 5.03. The van der Waals surface area contributed by atoms with Crippen LogP contribution in [0.25, 0.3) is 0 Å². The van der Waals surface area contributed by atoms with Crippen molar-refractivity contribution in [2.75, 3.05) is 6.54 Å². The van der Waals surface area contributed by atoms with Gasteiger partial charge >= 0.3 is 0 Å². The summed E-state index contributed by atoms with van der Waals surface area (Å²) in [5.41, 5.74) is 2.87. The van der Waals surface area contributed by atoms with Gasteiger partial charge in [0.1, 0.15) is 12.4 Å². The second-order valence-corrected chi connectivity index (χ2v) is 6.94. The highest BCUT2D eigenvalue weighted by atomic mass is 79.9. The summed E-state index contributed by atoms with van der Waals surface area (Å²) in [6.07, 6.45) is 2.35. The standard InChI is InChI=1S/C16H18BrNOS/c1-2-18-16-6-3-11-7-13(4-5-15(11)16)19-9-14-8-12(17)10-20-14/h4-5,7-8,10,16,18H,2-3,6,9H2,1H3. The van der Waals surface area contributed by atoms with E-state index in [-0.39, 0.29) is 0 Å². The normalized spacial score (nSPS) is 17.2. The zero-order valence-corrected chi connectivity index (χ0v) is 13.9. The summed E-state index contributed by atoms with van der Waals surface area (Å²) in [5.74, 6) is 0.977. The molecular weight excluding hydrogens is 334 g/mol. The Labute approximate surface area is 132 Å². The van der Waals surface area contributed by atoms with Gasteiger partial charge in [0.15, 0.2) is 0 Å². The Hall–Kier alpha value is -0.840. The smallest absolute Gasteiger partial charge is 0.122 e. The summed E-state index contributed by atoms with van der Waals surface area (Å²) >= 11 is 5.19. The summed E-state index contributed by atoms with van der Waals surface area (Å²) in [7, 11) is 0. The molecule has 1 unspecified atom stereocenters. The molecule has 106 valence electrons. The highest BCUT2D eigenvalue weighted by molar-refractivity contribution is 9.10. The lowest BCUT2D eigenvalue weighted by Crippen LogP contribution is -2.18. The van der Waals surface area contributed by atoms with Crippen molar-refractivity contribution >= 4 is 27.3 Å². The van der Waals surface area contributed by atoms with Crippen molar-refractivity contribution in [3.8, 4) is 5.75 Å². The van der Waals surface area contributed by atoms with Gasteiger partial charge in [-0.25, -0.2) is 0 Å². The first-order chi connectivity index (χ1) is 9.76. The van der Waals surface area contributed by atoms with Crippen LogP contribution in [-0.2, 0) is 13.0 Å². The van der Waals surface area contributed by atoms with Crippen molar-refractivity contribution < 1.29 is 4.74 Å². The third kappa shape index (κ3) is 3.08. The maximum atomic E-state index is 5.90. The van der Waals surface area contributed by atoms with Crippen LogP contribution in [0.2, 0.25) is 0 Å². The number of hydrogen-bond donors (Lipinski definition) is 1. The van der Waals surface area contributed by atoms with Crippen molar-refractivity contribution in [3.05, 3.63) is 50.1 Å².